The zero-order chi connectivity index (χ0) is 23.8. The Morgan fingerprint density at radius 3 is 1.47 bits per heavy atom. The Kier molecular flexibility index (Phi) is 7.28. The van der Waals surface area contributed by atoms with Gasteiger partial charge in [-0.2, -0.15) is 0 Å². The molecule has 2 aliphatic heterocycles. The molecule has 0 unspecified atom stereocenters. The van der Waals surface area contributed by atoms with Gasteiger partial charge in [-0.1, -0.05) is 12.1 Å². The van der Waals surface area contributed by atoms with E-state index >= 15 is 0 Å². The minimum Gasteiger partial charge on any atom is -0.378 e. The summed E-state index contributed by atoms with van der Waals surface area (Å²) in [6, 6.07) is 17.8. The van der Waals surface area contributed by atoms with Gasteiger partial charge in [0.2, 0.25) is 0 Å². The van der Waals surface area contributed by atoms with E-state index in [1.54, 1.807) is 0 Å². The van der Waals surface area contributed by atoms with Crippen molar-refractivity contribution in [2.75, 3.05) is 62.4 Å². The van der Waals surface area contributed by atoms with Crippen LogP contribution in [0.15, 0.2) is 48.5 Å². The molecule has 4 aromatic rings. The maximum Gasteiger partial charge on any atom is 0.129 e. The van der Waals surface area contributed by atoms with E-state index in [2.05, 4.69) is 72.2 Å². The van der Waals surface area contributed by atoms with Gasteiger partial charge in [0.15, 0.2) is 0 Å². The van der Waals surface area contributed by atoms with E-state index in [0.29, 0.717) is 0 Å². The topological polar surface area (TPSA) is 50.7 Å². The fraction of sp³-hybridized carbons (Fsp3) is 0.379. The van der Waals surface area contributed by atoms with Crippen LogP contribution in [0, 0.1) is 13.8 Å². The molecule has 7 heteroatoms. The zero-order valence-electron chi connectivity index (χ0n) is 21.0. The molecule has 0 radical (unpaired) electrons. The van der Waals surface area contributed by atoms with Gasteiger partial charge >= 0.3 is 0 Å². The quantitative estimate of drug-likeness (QED) is 0.386. The Balaban J connectivity index is 0.00000267. The lowest BCUT2D eigenvalue weighted by Crippen LogP contribution is -2.36. The van der Waals surface area contributed by atoms with E-state index in [1.165, 1.54) is 33.0 Å². The molecule has 6 rings (SSSR count). The fourth-order valence-electron chi connectivity index (χ4n) is 5.21. The number of morpholine rings is 2. The smallest absolute Gasteiger partial charge is 0.129 e. The van der Waals surface area contributed by atoms with Gasteiger partial charge in [-0.05, 0) is 78.9 Å². The number of nitrogens with zero attached hydrogens (tertiary/aromatic N) is 4. The van der Waals surface area contributed by atoms with Crippen LogP contribution in [-0.4, -0.2) is 62.6 Å². The first kappa shape index (κ1) is 24.8. The van der Waals surface area contributed by atoms with Crippen molar-refractivity contribution in [3.8, 4) is 0 Å². The number of anilines is 2. The van der Waals surface area contributed by atoms with Crippen molar-refractivity contribution in [3.05, 3.63) is 70.8 Å². The molecule has 0 spiro atoms. The number of halogens is 1. The Labute approximate surface area is 218 Å². The van der Waals surface area contributed by atoms with Crippen LogP contribution in [0.1, 0.15) is 22.3 Å². The lowest BCUT2D eigenvalue weighted by Gasteiger charge is -2.28. The van der Waals surface area contributed by atoms with Gasteiger partial charge in [-0.15, -0.1) is 12.4 Å². The molecule has 2 saturated heterocycles. The van der Waals surface area contributed by atoms with Gasteiger partial charge in [-0.3, -0.25) is 0 Å². The molecule has 188 valence electrons. The maximum atomic E-state index is 5.50. The average molecular weight is 505 g/mol. The molecule has 0 N–H and O–H groups in total. The molecule has 0 aliphatic carbocycles. The lowest BCUT2D eigenvalue weighted by atomic mass is 9.99. The third kappa shape index (κ3) is 4.99. The summed E-state index contributed by atoms with van der Waals surface area (Å²) in [6.07, 6.45) is 0.890. The number of aryl methyl sites for hydroxylation is 2. The Bertz CT molecular complexity index is 1280. The van der Waals surface area contributed by atoms with Crippen LogP contribution in [0.3, 0.4) is 0 Å². The molecular weight excluding hydrogens is 472 g/mol. The first-order chi connectivity index (χ1) is 17.1. The first-order valence-electron chi connectivity index (χ1n) is 12.6. The average Bonchev–Trinajstić information content (AvgIpc) is 2.90. The molecule has 0 atom stereocenters. The van der Waals surface area contributed by atoms with Crippen LogP contribution in [0.2, 0.25) is 0 Å². The second-order valence-corrected chi connectivity index (χ2v) is 9.67. The number of hydrogen-bond donors (Lipinski definition) is 0. The van der Waals surface area contributed by atoms with Gasteiger partial charge in [0, 0.05) is 37.0 Å². The number of pyridine rings is 2. The predicted molar refractivity (Wildman–Crippen MR) is 149 cm³/mol. The number of fused-ring (bicyclic) bond motifs is 2. The van der Waals surface area contributed by atoms with Crippen LogP contribution < -0.4 is 9.80 Å². The highest BCUT2D eigenvalue weighted by Gasteiger charge is 2.16. The first-order valence-corrected chi connectivity index (χ1v) is 12.6. The SMILES string of the molecule is Cc1cc(N2CCOCC2)nc2ccc(Cc3ccc4nc(N5CCOCC5)cc(C)c4c3)cc12.Cl. The zero-order valence-corrected chi connectivity index (χ0v) is 21.8. The lowest BCUT2D eigenvalue weighted by molar-refractivity contribution is 0.122. The second-order valence-electron chi connectivity index (χ2n) is 9.67. The maximum absolute atomic E-state index is 5.50. The standard InChI is InChI=1S/C29H32N4O2.ClH/c1-20-15-28(32-7-11-34-12-8-32)30-26-5-3-22(18-24(20)26)17-23-4-6-27-25(19-23)21(2)16-29(31-27)33-9-13-35-14-10-33;/h3-6,15-16,18-19H,7-14,17H2,1-2H3;1H. The molecule has 36 heavy (non-hydrogen) atoms. The normalized spacial score (nSPS) is 16.4. The van der Waals surface area contributed by atoms with Crippen molar-refractivity contribution < 1.29 is 9.47 Å². The summed E-state index contributed by atoms with van der Waals surface area (Å²) in [4.78, 5) is 14.6. The summed E-state index contributed by atoms with van der Waals surface area (Å²) >= 11 is 0. The van der Waals surface area contributed by atoms with E-state index in [9.17, 15) is 0 Å². The van der Waals surface area contributed by atoms with Crippen molar-refractivity contribution >= 4 is 45.8 Å². The largest absolute Gasteiger partial charge is 0.378 e. The molecule has 4 heterocycles. The number of ether oxygens (including phenoxy) is 2. The van der Waals surface area contributed by atoms with Gasteiger partial charge in [0.1, 0.15) is 11.6 Å². The van der Waals surface area contributed by atoms with Crippen molar-refractivity contribution in [3.63, 3.8) is 0 Å². The van der Waals surface area contributed by atoms with Crippen molar-refractivity contribution in [1.82, 2.24) is 9.97 Å². The van der Waals surface area contributed by atoms with Crippen molar-refractivity contribution in [2.24, 2.45) is 0 Å². The molecule has 0 bridgehead atoms. The van der Waals surface area contributed by atoms with E-state index in [4.69, 9.17) is 19.4 Å². The van der Waals surface area contributed by atoms with Crippen LogP contribution in [0.5, 0.6) is 0 Å². The molecule has 0 amide bonds. The predicted octanol–water partition coefficient (Wildman–Crippen LogP) is 5.09. The van der Waals surface area contributed by atoms with Crippen molar-refractivity contribution in [2.45, 2.75) is 20.3 Å². The summed E-state index contributed by atoms with van der Waals surface area (Å²) in [5, 5.41) is 2.46. The molecular formula is C29H33ClN4O2. The molecule has 2 aromatic heterocycles. The Morgan fingerprint density at radius 1 is 0.639 bits per heavy atom. The minimum atomic E-state index is 0. The Hall–Kier alpha value is -2.93. The summed E-state index contributed by atoms with van der Waals surface area (Å²) in [5.41, 5.74) is 7.27. The van der Waals surface area contributed by atoms with Crippen molar-refractivity contribution in [1.29, 1.82) is 0 Å². The number of rotatable bonds is 4. The number of aromatic nitrogens is 2. The van der Waals surface area contributed by atoms with Crippen LogP contribution in [0.4, 0.5) is 11.6 Å². The van der Waals surface area contributed by atoms with E-state index in [1.807, 2.05) is 0 Å². The Morgan fingerprint density at radius 2 is 1.06 bits per heavy atom. The summed E-state index contributed by atoms with van der Waals surface area (Å²) in [5.74, 6) is 2.11. The fourth-order valence-corrected chi connectivity index (χ4v) is 5.21. The molecule has 2 fully saturated rings. The third-order valence-corrected chi connectivity index (χ3v) is 7.21. The summed E-state index contributed by atoms with van der Waals surface area (Å²) in [6.45, 7) is 11.1. The third-order valence-electron chi connectivity index (χ3n) is 7.21. The van der Waals surface area contributed by atoms with Gasteiger partial charge in [-0.25, -0.2) is 9.97 Å². The van der Waals surface area contributed by atoms with E-state index < -0.39 is 0 Å². The highest BCUT2D eigenvalue weighted by Crippen LogP contribution is 2.27. The monoisotopic (exact) mass is 504 g/mol. The van der Waals surface area contributed by atoms with Gasteiger partial charge in [0.25, 0.3) is 0 Å². The minimum absolute atomic E-state index is 0. The molecule has 2 aliphatic rings. The van der Waals surface area contributed by atoms with E-state index in [0.717, 1.165) is 81.7 Å². The highest BCUT2D eigenvalue weighted by molar-refractivity contribution is 5.86. The van der Waals surface area contributed by atoms with Crippen LogP contribution in [0.25, 0.3) is 21.8 Å². The van der Waals surface area contributed by atoms with Crippen LogP contribution in [-0.2, 0) is 15.9 Å². The van der Waals surface area contributed by atoms with Gasteiger partial charge in [0.05, 0.1) is 37.5 Å². The molecule has 2 aromatic carbocycles. The van der Waals surface area contributed by atoms with E-state index in [-0.39, 0.29) is 12.4 Å². The van der Waals surface area contributed by atoms with Gasteiger partial charge < -0.3 is 19.3 Å². The molecule has 0 saturated carbocycles. The number of hydrogen-bond acceptors (Lipinski definition) is 6. The van der Waals surface area contributed by atoms with Crippen LogP contribution >= 0.6 is 12.4 Å². The summed E-state index contributed by atoms with van der Waals surface area (Å²) < 4.78 is 11.0. The highest BCUT2D eigenvalue weighted by atomic mass is 35.5. The second kappa shape index (κ2) is 10.6. The molecule has 6 nitrogen and oxygen atoms in total. The summed E-state index contributed by atoms with van der Waals surface area (Å²) in [7, 11) is 0. The number of benzene rings is 2.